The summed E-state index contributed by atoms with van der Waals surface area (Å²) in [4.78, 5) is 34.9. The highest BCUT2D eigenvalue weighted by molar-refractivity contribution is 5.22. The van der Waals surface area contributed by atoms with Crippen LogP contribution >= 0.6 is 0 Å². The average Bonchev–Trinajstić information content (AvgIpc) is 3.82. The minimum Gasteiger partial charge on any atom is -0.319 e. The van der Waals surface area contributed by atoms with Crippen molar-refractivity contribution in [1.82, 2.24) is 13.7 Å². The van der Waals surface area contributed by atoms with Crippen LogP contribution in [-0.2, 0) is 23.3 Å². The minimum atomic E-state index is 0.0578. The Morgan fingerprint density at radius 1 is 0.489 bits per heavy atom. The Morgan fingerprint density at radius 2 is 0.787 bits per heavy atom. The summed E-state index contributed by atoms with van der Waals surface area (Å²) < 4.78 is 5.32. The Hall–Kier alpha value is -3.15. The van der Waals surface area contributed by atoms with Crippen LogP contribution in [0.5, 0.6) is 0 Å². The molecular formula is C41H69N3O3. The van der Waals surface area contributed by atoms with Gasteiger partial charge in [-0.05, 0) is 83.2 Å². The van der Waals surface area contributed by atoms with Gasteiger partial charge in [-0.15, -0.1) is 0 Å². The Balaban J connectivity index is 0.000000627. The first-order valence-electron chi connectivity index (χ1n) is 18.0. The third kappa shape index (κ3) is 14.2. The van der Waals surface area contributed by atoms with Crippen molar-refractivity contribution in [2.24, 2.45) is 7.05 Å². The molecule has 3 aromatic rings. The molecule has 266 valence electrons. The minimum absolute atomic E-state index is 0.0578. The van der Waals surface area contributed by atoms with Crippen LogP contribution in [-0.4, -0.2) is 13.7 Å². The van der Waals surface area contributed by atoms with Crippen LogP contribution in [0.15, 0.2) is 69.4 Å². The van der Waals surface area contributed by atoms with E-state index in [1.54, 1.807) is 29.8 Å². The summed E-state index contributed by atoms with van der Waals surface area (Å²) in [6.45, 7) is 31.1. The topological polar surface area (TPSA) is 66.0 Å². The molecule has 2 saturated carbocycles. The lowest BCUT2D eigenvalue weighted by Crippen LogP contribution is -2.29. The second kappa shape index (κ2) is 19.6. The molecule has 0 aliphatic heterocycles. The summed E-state index contributed by atoms with van der Waals surface area (Å²) in [5, 5.41) is 0. The van der Waals surface area contributed by atoms with Crippen molar-refractivity contribution in [2.45, 2.75) is 164 Å². The first kappa shape index (κ1) is 43.9. The molecule has 0 N–H and O–H groups in total. The van der Waals surface area contributed by atoms with E-state index < -0.39 is 0 Å². The largest absolute Gasteiger partial charge is 0.319 e. The summed E-state index contributed by atoms with van der Waals surface area (Å²) in [5.74, 6) is 0. The van der Waals surface area contributed by atoms with Crippen LogP contribution < -0.4 is 16.7 Å². The number of aryl methyl sites for hydroxylation is 1. The van der Waals surface area contributed by atoms with E-state index >= 15 is 0 Å². The molecule has 0 saturated heterocycles. The zero-order valence-electron chi connectivity index (χ0n) is 33.0. The Morgan fingerprint density at radius 3 is 1.02 bits per heavy atom. The smallest absolute Gasteiger partial charge is 0.251 e. The maximum Gasteiger partial charge on any atom is 0.251 e. The van der Waals surface area contributed by atoms with Gasteiger partial charge in [0, 0.05) is 55.9 Å². The lowest BCUT2D eigenvalue weighted by atomic mass is 9.87. The number of hydrogen-bond acceptors (Lipinski definition) is 3. The molecule has 2 aliphatic carbocycles. The van der Waals surface area contributed by atoms with Gasteiger partial charge in [0.1, 0.15) is 0 Å². The summed E-state index contributed by atoms with van der Waals surface area (Å²) in [6, 6.07) is 12.3. The van der Waals surface area contributed by atoms with Gasteiger partial charge in [-0.3, -0.25) is 14.4 Å². The SMILES string of the molecule is CC.CC.CC.CC(C)(C)c1ccn(C2CC2)c(=O)c1.CC(C)(C)c1ccn(C2CCC2)c(=O)c1.Cn1ccc(C(C)(C)C)cc1=O. The zero-order chi connectivity index (χ0) is 36.8. The second-order valence-electron chi connectivity index (χ2n) is 14.8. The number of aromatic nitrogens is 3. The van der Waals surface area contributed by atoms with Crippen LogP contribution in [0.3, 0.4) is 0 Å². The van der Waals surface area contributed by atoms with Crippen molar-refractivity contribution in [3.63, 3.8) is 0 Å². The van der Waals surface area contributed by atoms with Crippen molar-refractivity contribution in [3.05, 3.63) is 103 Å². The van der Waals surface area contributed by atoms with E-state index in [-0.39, 0.29) is 32.9 Å². The van der Waals surface area contributed by atoms with Crippen molar-refractivity contribution in [3.8, 4) is 0 Å². The predicted molar refractivity (Wildman–Crippen MR) is 204 cm³/mol. The Labute approximate surface area is 287 Å². The molecule has 0 aromatic carbocycles. The van der Waals surface area contributed by atoms with Gasteiger partial charge in [0.05, 0.1) is 0 Å². The molecule has 0 amide bonds. The third-order valence-corrected chi connectivity index (χ3v) is 8.01. The monoisotopic (exact) mass is 652 g/mol. The van der Waals surface area contributed by atoms with Crippen molar-refractivity contribution >= 4 is 0 Å². The van der Waals surface area contributed by atoms with E-state index in [1.165, 1.54) is 6.42 Å². The molecule has 5 rings (SSSR count). The highest BCUT2D eigenvalue weighted by Crippen LogP contribution is 2.33. The summed E-state index contributed by atoms with van der Waals surface area (Å²) in [7, 11) is 1.76. The van der Waals surface area contributed by atoms with E-state index in [4.69, 9.17) is 0 Å². The maximum atomic E-state index is 11.9. The summed E-state index contributed by atoms with van der Waals surface area (Å²) >= 11 is 0. The van der Waals surface area contributed by atoms with Crippen LogP contribution in [0.2, 0.25) is 0 Å². The van der Waals surface area contributed by atoms with Gasteiger partial charge < -0.3 is 13.7 Å². The first-order chi connectivity index (χ1) is 21.9. The van der Waals surface area contributed by atoms with E-state index in [0.717, 1.165) is 42.4 Å². The molecule has 0 spiro atoms. The van der Waals surface area contributed by atoms with E-state index in [2.05, 4.69) is 74.4 Å². The molecule has 6 nitrogen and oxygen atoms in total. The molecule has 0 radical (unpaired) electrons. The fraction of sp³-hybridized carbons (Fsp3) is 0.634. The molecule has 3 heterocycles. The van der Waals surface area contributed by atoms with E-state index in [1.807, 2.05) is 75.3 Å². The molecule has 2 aliphatic rings. The van der Waals surface area contributed by atoms with Crippen LogP contribution in [0, 0.1) is 0 Å². The molecular weight excluding hydrogens is 582 g/mol. The van der Waals surface area contributed by atoms with Crippen molar-refractivity contribution in [1.29, 1.82) is 0 Å². The molecule has 47 heavy (non-hydrogen) atoms. The van der Waals surface area contributed by atoms with Gasteiger partial charge in [0.2, 0.25) is 0 Å². The van der Waals surface area contributed by atoms with E-state index in [9.17, 15) is 14.4 Å². The molecule has 2 fully saturated rings. The average molecular weight is 652 g/mol. The Bertz CT molecular complexity index is 1500. The molecule has 0 bridgehead atoms. The van der Waals surface area contributed by atoms with Gasteiger partial charge in [-0.25, -0.2) is 0 Å². The highest BCUT2D eigenvalue weighted by atomic mass is 16.1. The normalized spacial score (nSPS) is 14.0. The van der Waals surface area contributed by atoms with Crippen LogP contribution in [0.25, 0.3) is 0 Å². The lowest BCUT2D eigenvalue weighted by Gasteiger charge is -2.28. The molecule has 0 unspecified atom stereocenters. The van der Waals surface area contributed by atoms with Crippen molar-refractivity contribution in [2.75, 3.05) is 0 Å². The van der Waals surface area contributed by atoms with Gasteiger partial charge in [0.15, 0.2) is 0 Å². The fourth-order valence-electron chi connectivity index (χ4n) is 4.55. The summed E-state index contributed by atoms with van der Waals surface area (Å²) in [6.07, 6.45) is 11.6. The van der Waals surface area contributed by atoms with E-state index in [0.29, 0.717) is 12.1 Å². The van der Waals surface area contributed by atoms with Crippen LogP contribution in [0.4, 0.5) is 0 Å². The van der Waals surface area contributed by atoms with Crippen LogP contribution in [0.1, 0.15) is 165 Å². The highest BCUT2D eigenvalue weighted by Gasteiger charge is 2.25. The number of hydrogen-bond donors (Lipinski definition) is 0. The lowest BCUT2D eigenvalue weighted by molar-refractivity contribution is 0.306. The second-order valence-corrected chi connectivity index (χ2v) is 14.8. The standard InChI is InChI=1S/C13H19NO.C12H17NO.C10H15NO.3C2H6/c1-13(2,3)10-7-8-14(12(15)9-10)11-5-4-6-11;1-12(2,3)9-6-7-13(10-4-5-10)11(14)8-9;1-10(2,3)8-5-6-11(4)9(12)7-8;3*1-2/h7-9,11H,4-6H2,1-3H3;6-8,10H,4-5H2,1-3H3;5-7H,1-4H3;3*1-2H3. The first-order valence-corrected chi connectivity index (χ1v) is 18.0. The Kier molecular flexibility index (Phi) is 18.3. The maximum absolute atomic E-state index is 11.9. The van der Waals surface area contributed by atoms with Gasteiger partial charge in [-0.2, -0.15) is 0 Å². The molecule has 0 atom stereocenters. The van der Waals surface area contributed by atoms with Gasteiger partial charge >= 0.3 is 0 Å². The molecule has 6 heteroatoms. The van der Waals surface area contributed by atoms with Gasteiger partial charge in [0.25, 0.3) is 16.7 Å². The number of rotatable bonds is 2. The predicted octanol–water partition coefficient (Wildman–Crippen LogP) is 10.1. The number of nitrogens with zero attached hydrogens (tertiary/aromatic N) is 3. The third-order valence-electron chi connectivity index (χ3n) is 8.01. The number of pyridine rings is 3. The fourth-order valence-corrected chi connectivity index (χ4v) is 4.55. The molecule has 3 aromatic heterocycles. The summed E-state index contributed by atoms with van der Waals surface area (Å²) in [5.41, 5.74) is 3.91. The quantitative estimate of drug-likeness (QED) is 0.277. The van der Waals surface area contributed by atoms with Crippen molar-refractivity contribution < 1.29 is 0 Å². The van der Waals surface area contributed by atoms with Gasteiger partial charge in [-0.1, -0.05) is 104 Å². The zero-order valence-corrected chi connectivity index (χ0v) is 33.0.